The number of halogens is 1. The molecular weight excluding hydrogens is 280 g/mol. The molecule has 0 unspecified atom stereocenters. The predicted octanol–water partition coefficient (Wildman–Crippen LogP) is 3.65. The molecule has 0 heterocycles. The largest absolute Gasteiger partial charge is 0.399 e. The highest BCUT2D eigenvalue weighted by Crippen LogP contribution is 2.24. The van der Waals surface area contributed by atoms with Crippen LogP contribution in [0.25, 0.3) is 0 Å². The first-order valence-corrected chi connectivity index (χ1v) is 6.90. The van der Waals surface area contributed by atoms with E-state index < -0.39 is 0 Å². The van der Waals surface area contributed by atoms with E-state index in [0.29, 0.717) is 0 Å². The molecule has 0 radical (unpaired) electrons. The first kappa shape index (κ1) is 14.3. The van der Waals surface area contributed by atoms with Gasteiger partial charge in [-0.3, -0.25) is 0 Å². The maximum atomic E-state index is 5.67. The highest BCUT2D eigenvalue weighted by atomic mass is 79.9. The van der Waals surface area contributed by atoms with Crippen LogP contribution in [0.1, 0.15) is 26.2 Å². The number of nitrogens with two attached hydrogens (primary N) is 1. The van der Waals surface area contributed by atoms with Crippen LogP contribution < -0.4 is 11.1 Å². The van der Waals surface area contributed by atoms with Crippen LogP contribution in [0.2, 0.25) is 0 Å². The molecule has 0 bridgehead atoms. The third-order valence-corrected chi connectivity index (χ3v) is 3.07. The second kappa shape index (κ2) is 8.37. The molecule has 17 heavy (non-hydrogen) atoms. The van der Waals surface area contributed by atoms with Gasteiger partial charge in [0.1, 0.15) is 0 Å². The lowest BCUT2D eigenvalue weighted by molar-refractivity contribution is 0.131. The molecule has 0 saturated heterocycles. The summed E-state index contributed by atoms with van der Waals surface area (Å²) in [5.41, 5.74) is 7.52. The number of anilines is 2. The van der Waals surface area contributed by atoms with Crippen molar-refractivity contribution >= 4 is 27.3 Å². The number of hydrogen-bond donors (Lipinski definition) is 2. The molecular formula is C13H21BrN2O. The Morgan fingerprint density at radius 2 is 2.06 bits per heavy atom. The number of unbranched alkanes of at least 4 members (excludes halogenated alkanes) is 1. The maximum Gasteiger partial charge on any atom is 0.0486 e. The minimum absolute atomic E-state index is 0.769. The minimum atomic E-state index is 0.769. The van der Waals surface area contributed by atoms with Crippen LogP contribution >= 0.6 is 15.9 Å². The van der Waals surface area contributed by atoms with Crippen LogP contribution in [0, 0.1) is 0 Å². The Bertz CT molecular complexity index is 331. The molecule has 1 aromatic rings. The van der Waals surface area contributed by atoms with Crippen molar-refractivity contribution in [2.24, 2.45) is 0 Å². The van der Waals surface area contributed by atoms with E-state index in [2.05, 4.69) is 28.2 Å². The summed E-state index contributed by atoms with van der Waals surface area (Å²) in [4.78, 5) is 0. The Balaban J connectivity index is 2.14. The van der Waals surface area contributed by atoms with E-state index >= 15 is 0 Å². The standard InChI is InChI=1S/C13H21BrN2O/c1-2-3-8-17-9-4-7-16-13-6-5-11(15)10-12(13)14/h5-6,10,16H,2-4,7-9,15H2,1H3. The number of nitrogen functional groups attached to an aromatic ring is 1. The van der Waals surface area contributed by atoms with Gasteiger partial charge in [0.05, 0.1) is 0 Å². The van der Waals surface area contributed by atoms with Gasteiger partial charge in [0.2, 0.25) is 0 Å². The molecule has 0 aliphatic heterocycles. The van der Waals surface area contributed by atoms with Gasteiger partial charge >= 0.3 is 0 Å². The van der Waals surface area contributed by atoms with Crippen molar-refractivity contribution in [2.45, 2.75) is 26.2 Å². The van der Waals surface area contributed by atoms with E-state index in [0.717, 1.165) is 48.4 Å². The summed E-state index contributed by atoms with van der Waals surface area (Å²) in [6.45, 7) is 4.78. The van der Waals surface area contributed by atoms with Crippen molar-refractivity contribution in [3.63, 3.8) is 0 Å². The lowest BCUT2D eigenvalue weighted by Crippen LogP contribution is -2.06. The fourth-order valence-corrected chi connectivity index (χ4v) is 1.96. The van der Waals surface area contributed by atoms with Crippen LogP contribution in [-0.4, -0.2) is 19.8 Å². The van der Waals surface area contributed by atoms with Crippen LogP contribution in [0.15, 0.2) is 22.7 Å². The lowest BCUT2D eigenvalue weighted by atomic mass is 10.3. The third-order valence-electron chi connectivity index (χ3n) is 2.42. The number of ether oxygens (including phenoxy) is 1. The van der Waals surface area contributed by atoms with Crippen molar-refractivity contribution < 1.29 is 4.74 Å². The number of hydrogen-bond acceptors (Lipinski definition) is 3. The molecule has 96 valence electrons. The number of benzene rings is 1. The van der Waals surface area contributed by atoms with Crippen molar-refractivity contribution in [3.05, 3.63) is 22.7 Å². The van der Waals surface area contributed by atoms with E-state index in [1.54, 1.807) is 0 Å². The van der Waals surface area contributed by atoms with Gasteiger partial charge in [0, 0.05) is 35.6 Å². The smallest absolute Gasteiger partial charge is 0.0486 e. The fraction of sp³-hybridized carbons (Fsp3) is 0.538. The van der Waals surface area contributed by atoms with Gasteiger partial charge in [-0.05, 0) is 47.0 Å². The molecule has 0 saturated carbocycles. The predicted molar refractivity (Wildman–Crippen MR) is 77.4 cm³/mol. The summed E-state index contributed by atoms with van der Waals surface area (Å²) in [5, 5.41) is 3.35. The molecule has 0 aliphatic carbocycles. The normalized spacial score (nSPS) is 10.5. The summed E-state index contributed by atoms with van der Waals surface area (Å²) in [5.74, 6) is 0. The molecule has 0 aromatic heterocycles. The molecule has 4 heteroatoms. The Labute approximate surface area is 112 Å². The van der Waals surface area contributed by atoms with E-state index in [9.17, 15) is 0 Å². The van der Waals surface area contributed by atoms with E-state index in [1.807, 2.05) is 18.2 Å². The maximum absolute atomic E-state index is 5.67. The molecule has 1 rings (SSSR count). The van der Waals surface area contributed by atoms with Crippen molar-refractivity contribution in [1.82, 2.24) is 0 Å². The highest BCUT2D eigenvalue weighted by Gasteiger charge is 1.98. The van der Waals surface area contributed by atoms with Gasteiger partial charge in [-0.15, -0.1) is 0 Å². The van der Waals surface area contributed by atoms with Crippen molar-refractivity contribution in [3.8, 4) is 0 Å². The summed E-state index contributed by atoms with van der Waals surface area (Å²) < 4.78 is 6.49. The van der Waals surface area contributed by atoms with E-state index in [1.165, 1.54) is 6.42 Å². The quantitative estimate of drug-likeness (QED) is 0.569. The molecule has 3 nitrogen and oxygen atoms in total. The van der Waals surface area contributed by atoms with Gasteiger partial charge in [0.25, 0.3) is 0 Å². The summed E-state index contributed by atoms with van der Waals surface area (Å²) >= 11 is 3.48. The molecule has 0 aliphatic rings. The van der Waals surface area contributed by atoms with Crippen LogP contribution in [0.5, 0.6) is 0 Å². The Morgan fingerprint density at radius 3 is 2.76 bits per heavy atom. The zero-order chi connectivity index (χ0) is 12.5. The summed E-state index contributed by atoms with van der Waals surface area (Å²) in [6.07, 6.45) is 3.36. The van der Waals surface area contributed by atoms with Crippen LogP contribution in [0.3, 0.4) is 0 Å². The molecule has 3 N–H and O–H groups in total. The average Bonchev–Trinajstić information content (AvgIpc) is 2.30. The minimum Gasteiger partial charge on any atom is -0.399 e. The number of rotatable bonds is 8. The fourth-order valence-electron chi connectivity index (χ4n) is 1.42. The second-order valence-corrected chi connectivity index (χ2v) is 4.84. The number of nitrogens with one attached hydrogen (secondary N) is 1. The topological polar surface area (TPSA) is 47.3 Å². The van der Waals surface area contributed by atoms with Crippen molar-refractivity contribution in [1.29, 1.82) is 0 Å². The van der Waals surface area contributed by atoms with Gasteiger partial charge in [0.15, 0.2) is 0 Å². The summed E-state index contributed by atoms with van der Waals surface area (Å²) in [6, 6.07) is 5.78. The SMILES string of the molecule is CCCCOCCCNc1ccc(N)cc1Br. The second-order valence-electron chi connectivity index (χ2n) is 3.99. The third kappa shape index (κ3) is 5.94. The Kier molecular flexibility index (Phi) is 7.05. The molecule has 0 fully saturated rings. The lowest BCUT2D eigenvalue weighted by Gasteiger charge is -2.09. The molecule has 1 aromatic carbocycles. The van der Waals surface area contributed by atoms with Gasteiger partial charge in [-0.2, -0.15) is 0 Å². The molecule has 0 spiro atoms. The van der Waals surface area contributed by atoms with E-state index in [-0.39, 0.29) is 0 Å². The van der Waals surface area contributed by atoms with Crippen LogP contribution in [-0.2, 0) is 4.74 Å². The Hall–Kier alpha value is -0.740. The molecule has 0 amide bonds. The first-order chi connectivity index (χ1) is 8.24. The summed E-state index contributed by atoms with van der Waals surface area (Å²) in [7, 11) is 0. The zero-order valence-electron chi connectivity index (χ0n) is 10.3. The Morgan fingerprint density at radius 1 is 1.29 bits per heavy atom. The van der Waals surface area contributed by atoms with E-state index in [4.69, 9.17) is 10.5 Å². The monoisotopic (exact) mass is 300 g/mol. The van der Waals surface area contributed by atoms with Gasteiger partial charge in [-0.25, -0.2) is 0 Å². The molecule has 0 atom stereocenters. The zero-order valence-corrected chi connectivity index (χ0v) is 11.9. The highest BCUT2D eigenvalue weighted by molar-refractivity contribution is 9.10. The van der Waals surface area contributed by atoms with Crippen molar-refractivity contribution in [2.75, 3.05) is 30.8 Å². The average molecular weight is 301 g/mol. The van der Waals surface area contributed by atoms with Gasteiger partial charge in [-0.1, -0.05) is 13.3 Å². The van der Waals surface area contributed by atoms with Crippen LogP contribution in [0.4, 0.5) is 11.4 Å². The first-order valence-electron chi connectivity index (χ1n) is 6.10. The van der Waals surface area contributed by atoms with Gasteiger partial charge < -0.3 is 15.8 Å².